The molecular weight excluding hydrogens is 202 g/mol. The Labute approximate surface area is 95.5 Å². The summed E-state index contributed by atoms with van der Waals surface area (Å²) in [6.45, 7) is 6.03. The minimum Gasteiger partial charge on any atom is -0.350 e. The van der Waals surface area contributed by atoms with Gasteiger partial charge in [-0.3, -0.25) is 0 Å². The minimum absolute atomic E-state index is 0.642. The number of rotatable bonds is 3. The van der Waals surface area contributed by atoms with E-state index in [2.05, 4.69) is 16.6 Å². The Balaban J connectivity index is 3.07. The average molecular weight is 219 g/mol. The molecule has 2 amide bonds. The van der Waals surface area contributed by atoms with Crippen LogP contribution in [0.4, 0.5) is 4.79 Å². The number of urea groups is 1. The van der Waals surface area contributed by atoms with Crippen molar-refractivity contribution in [3.8, 4) is 0 Å². The molecule has 0 atom stereocenters. The maximum absolute atomic E-state index is 10.6. The van der Waals surface area contributed by atoms with Crippen molar-refractivity contribution in [3.63, 3.8) is 0 Å². The van der Waals surface area contributed by atoms with Gasteiger partial charge >= 0.3 is 6.03 Å². The number of carbonyl (C=O) groups is 1. The van der Waals surface area contributed by atoms with Crippen molar-refractivity contribution in [1.29, 1.82) is 0 Å². The fourth-order valence-electron chi connectivity index (χ4n) is 1.50. The molecule has 0 bridgehead atoms. The lowest BCUT2D eigenvalue weighted by Crippen LogP contribution is -2.26. The second-order valence-electron chi connectivity index (χ2n) is 3.71. The molecule has 0 aromatic heterocycles. The molecule has 0 heterocycles. The summed E-state index contributed by atoms with van der Waals surface area (Å²) in [6.07, 6.45) is 0.741. The second kappa shape index (κ2) is 5.30. The fraction of sp³-hybridized carbons (Fsp3) is 0.333. The number of amides is 2. The molecule has 1 aromatic rings. The van der Waals surface area contributed by atoms with Gasteiger partial charge in [0.15, 0.2) is 0 Å². The Kier molecular flexibility index (Phi) is 4.05. The summed E-state index contributed by atoms with van der Waals surface area (Å²) < 4.78 is 0. The van der Waals surface area contributed by atoms with Crippen LogP contribution in [0.3, 0.4) is 0 Å². The van der Waals surface area contributed by atoms with Crippen molar-refractivity contribution < 1.29 is 4.79 Å². The number of primary amides is 1. The van der Waals surface area contributed by atoms with Crippen molar-refractivity contribution in [3.05, 3.63) is 34.9 Å². The molecule has 1 rings (SSSR count). The van der Waals surface area contributed by atoms with E-state index in [0.29, 0.717) is 0 Å². The number of benzene rings is 1. The normalized spacial score (nSPS) is 11.3. The third-order valence-corrected chi connectivity index (χ3v) is 2.34. The zero-order valence-corrected chi connectivity index (χ0v) is 9.87. The largest absolute Gasteiger partial charge is 0.350 e. The molecular formula is C12H17N3O. The first-order valence-corrected chi connectivity index (χ1v) is 5.24. The number of nitrogens with two attached hydrogens (primary N) is 1. The van der Waals surface area contributed by atoms with Crippen LogP contribution in [0.5, 0.6) is 0 Å². The molecule has 0 unspecified atom stereocenters. The lowest BCUT2D eigenvalue weighted by molar-refractivity contribution is 0.249. The van der Waals surface area contributed by atoms with Crippen LogP contribution in [0.1, 0.15) is 30.0 Å². The van der Waals surface area contributed by atoms with Gasteiger partial charge in [-0.15, -0.1) is 0 Å². The van der Waals surface area contributed by atoms with E-state index >= 15 is 0 Å². The average Bonchev–Trinajstić information content (AvgIpc) is 2.23. The highest BCUT2D eigenvalue weighted by Gasteiger charge is 2.05. The second-order valence-corrected chi connectivity index (χ2v) is 3.71. The van der Waals surface area contributed by atoms with Crippen molar-refractivity contribution in [2.45, 2.75) is 27.2 Å². The van der Waals surface area contributed by atoms with Gasteiger partial charge < -0.3 is 5.73 Å². The molecule has 0 saturated heterocycles. The van der Waals surface area contributed by atoms with E-state index in [1.807, 2.05) is 32.9 Å². The topological polar surface area (TPSA) is 67.5 Å². The number of hydrogen-bond acceptors (Lipinski definition) is 2. The molecule has 86 valence electrons. The Morgan fingerprint density at radius 2 is 2.12 bits per heavy atom. The van der Waals surface area contributed by atoms with E-state index < -0.39 is 6.03 Å². The van der Waals surface area contributed by atoms with Gasteiger partial charge in [0.25, 0.3) is 0 Å². The summed E-state index contributed by atoms with van der Waals surface area (Å²) in [7, 11) is 0. The molecule has 16 heavy (non-hydrogen) atoms. The third kappa shape index (κ3) is 3.08. The van der Waals surface area contributed by atoms with Crippen molar-refractivity contribution >= 4 is 11.7 Å². The smallest absolute Gasteiger partial charge is 0.332 e. The summed E-state index contributed by atoms with van der Waals surface area (Å²) in [5, 5.41) is 4.01. The quantitative estimate of drug-likeness (QED) is 0.593. The van der Waals surface area contributed by atoms with Crippen LogP contribution < -0.4 is 11.2 Å². The Morgan fingerprint density at radius 1 is 1.44 bits per heavy atom. The highest BCUT2D eigenvalue weighted by Crippen LogP contribution is 2.13. The van der Waals surface area contributed by atoms with Gasteiger partial charge in [-0.2, -0.15) is 5.10 Å². The molecule has 0 aliphatic heterocycles. The van der Waals surface area contributed by atoms with E-state index in [-0.39, 0.29) is 0 Å². The number of carbonyl (C=O) groups excluding carboxylic acids is 1. The van der Waals surface area contributed by atoms with Gasteiger partial charge in [-0.25, -0.2) is 10.2 Å². The first-order chi connectivity index (χ1) is 7.54. The van der Waals surface area contributed by atoms with Crippen LogP contribution >= 0.6 is 0 Å². The summed E-state index contributed by atoms with van der Waals surface area (Å²) in [4.78, 5) is 10.6. The maximum atomic E-state index is 10.6. The fourth-order valence-corrected chi connectivity index (χ4v) is 1.50. The number of hydrazone groups is 1. The zero-order chi connectivity index (χ0) is 12.1. The zero-order valence-electron chi connectivity index (χ0n) is 9.87. The number of aryl methyl sites for hydroxylation is 2. The SMILES string of the molecule is CC/C(=N/NC(N)=O)c1cc(C)ccc1C. The molecule has 0 radical (unpaired) electrons. The third-order valence-electron chi connectivity index (χ3n) is 2.34. The van der Waals surface area contributed by atoms with E-state index in [9.17, 15) is 4.79 Å². The number of nitrogens with one attached hydrogen (secondary N) is 1. The molecule has 4 nitrogen and oxygen atoms in total. The summed E-state index contributed by atoms with van der Waals surface area (Å²) in [6, 6.07) is 5.50. The highest BCUT2D eigenvalue weighted by molar-refractivity contribution is 6.02. The molecule has 0 fully saturated rings. The van der Waals surface area contributed by atoms with Crippen LogP contribution in [-0.4, -0.2) is 11.7 Å². The van der Waals surface area contributed by atoms with Crippen LogP contribution in [0, 0.1) is 13.8 Å². The van der Waals surface area contributed by atoms with Crippen molar-refractivity contribution in [2.24, 2.45) is 10.8 Å². The van der Waals surface area contributed by atoms with Crippen molar-refractivity contribution in [1.82, 2.24) is 5.43 Å². The van der Waals surface area contributed by atoms with Crippen LogP contribution in [0.15, 0.2) is 23.3 Å². The summed E-state index contributed by atoms with van der Waals surface area (Å²) in [5.74, 6) is 0. The molecule has 0 spiro atoms. The number of hydrogen-bond donors (Lipinski definition) is 2. The van der Waals surface area contributed by atoms with Crippen molar-refractivity contribution in [2.75, 3.05) is 0 Å². The molecule has 0 aliphatic carbocycles. The van der Waals surface area contributed by atoms with E-state index in [0.717, 1.165) is 23.3 Å². The molecule has 1 aromatic carbocycles. The van der Waals surface area contributed by atoms with Crippen LogP contribution in [-0.2, 0) is 0 Å². The molecule has 3 N–H and O–H groups in total. The first kappa shape index (κ1) is 12.2. The predicted molar refractivity (Wildman–Crippen MR) is 65.5 cm³/mol. The van der Waals surface area contributed by atoms with E-state index in [1.165, 1.54) is 5.56 Å². The monoisotopic (exact) mass is 219 g/mol. The van der Waals surface area contributed by atoms with Crippen LogP contribution in [0.25, 0.3) is 0 Å². The lowest BCUT2D eigenvalue weighted by atomic mass is 10.0. The van der Waals surface area contributed by atoms with Gasteiger partial charge in [-0.1, -0.05) is 24.6 Å². The Morgan fingerprint density at radius 3 is 2.69 bits per heavy atom. The van der Waals surface area contributed by atoms with Gasteiger partial charge in [0, 0.05) is 5.56 Å². The lowest BCUT2D eigenvalue weighted by Gasteiger charge is -2.08. The predicted octanol–water partition coefficient (Wildman–Crippen LogP) is 2.09. The van der Waals surface area contributed by atoms with E-state index in [1.54, 1.807) is 0 Å². The van der Waals surface area contributed by atoms with Crippen LogP contribution in [0.2, 0.25) is 0 Å². The standard InChI is InChI=1S/C12H17N3O/c1-4-11(14-15-12(13)16)10-7-8(2)5-6-9(10)3/h5-7H,4H2,1-3H3,(H3,13,15,16)/b14-11-. The maximum Gasteiger partial charge on any atom is 0.332 e. The molecule has 0 saturated carbocycles. The highest BCUT2D eigenvalue weighted by atomic mass is 16.2. The van der Waals surface area contributed by atoms with Gasteiger partial charge in [-0.05, 0) is 31.9 Å². The van der Waals surface area contributed by atoms with Gasteiger partial charge in [0.1, 0.15) is 0 Å². The van der Waals surface area contributed by atoms with Gasteiger partial charge in [0.05, 0.1) is 5.71 Å². The Bertz CT molecular complexity index is 424. The minimum atomic E-state index is -0.642. The Hall–Kier alpha value is -1.84. The van der Waals surface area contributed by atoms with E-state index in [4.69, 9.17) is 5.73 Å². The molecule has 0 aliphatic rings. The summed E-state index contributed by atoms with van der Waals surface area (Å²) in [5.41, 5.74) is 11.4. The summed E-state index contributed by atoms with van der Waals surface area (Å²) >= 11 is 0. The molecule has 4 heteroatoms. The number of nitrogens with zero attached hydrogens (tertiary/aromatic N) is 1. The van der Waals surface area contributed by atoms with Gasteiger partial charge in [0.2, 0.25) is 0 Å². The first-order valence-electron chi connectivity index (χ1n) is 5.24.